The van der Waals surface area contributed by atoms with Gasteiger partial charge in [0.05, 0.1) is 0 Å². The number of para-hydroxylation sites is 1. The SMILES string of the molecule is NCCN.O=C(NC(Cc1cc(=O)[nH]c2ccccc12)C(=O)O)c1ccc(Cl)cc1. The maximum atomic E-state index is 12.3. The third-order valence-corrected chi connectivity index (χ3v) is 4.39. The number of carbonyl (C=O) groups excluding carboxylic acids is 1. The minimum atomic E-state index is -1.18. The Morgan fingerprint density at radius 2 is 1.70 bits per heavy atom. The summed E-state index contributed by atoms with van der Waals surface area (Å²) in [6.07, 6.45) is -0.0148. The molecular formula is C21H23ClN4O4. The highest BCUT2D eigenvalue weighted by atomic mass is 35.5. The smallest absolute Gasteiger partial charge is 0.326 e. The highest BCUT2D eigenvalue weighted by Gasteiger charge is 2.22. The molecule has 0 bridgehead atoms. The number of H-pyrrole nitrogens is 1. The van der Waals surface area contributed by atoms with E-state index in [0.717, 1.165) is 5.39 Å². The van der Waals surface area contributed by atoms with Crippen molar-refractivity contribution in [3.05, 3.63) is 81.1 Å². The van der Waals surface area contributed by atoms with Crippen LogP contribution in [0.25, 0.3) is 10.9 Å². The predicted molar refractivity (Wildman–Crippen MR) is 117 cm³/mol. The third-order valence-electron chi connectivity index (χ3n) is 4.14. The number of carboxylic acid groups (broad SMARTS) is 1. The normalized spacial score (nSPS) is 11.3. The molecule has 1 amide bonds. The fraction of sp³-hybridized carbons (Fsp3) is 0.190. The number of nitrogens with one attached hydrogen (secondary N) is 2. The van der Waals surface area contributed by atoms with Crippen molar-refractivity contribution in [3.63, 3.8) is 0 Å². The molecule has 9 heteroatoms. The lowest BCUT2D eigenvalue weighted by Crippen LogP contribution is -2.42. The number of carbonyl (C=O) groups is 2. The third kappa shape index (κ3) is 6.41. The second kappa shape index (κ2) is 11.1. The van der Waals surface area contributed by atoms with E-state index >= 15 is 0 Å². The van der Waals surface area contributed by atoms with Crippen molar-refractivity contribution in [1.29, 1.82) is 0 Å². The van der Waals surface area contributed by atoms with E-state index in [1.165, 1.54) is 18.2 Å². The van der Waals surface area contributed by atoms with Crippen molar-refractivity contribution < 1.29 is 14.7 Å². The number of nitrogens with two attached hydrogens (primary N) is 2. The summed E-state index contributed by atoms with van der Waals surface area (Å²) >= 11 is 5.79. The molecule has 3 rings (SSSR count). The Kier molecular flexibility index (Phi) is 8.54. The van der Waals surface area contributed by atoms with Crippen molar-refractivity contribution in [3.8, 4) is 0 Å². The van der Waals surface area contributed by atoms with Gasteiger partial charge in [-0.2, -0.15) is 0 Å². The number of fused-ring (bicyclic) bond motifs is 1. The number of amides is 1. The van der Waals surface area contributed by atoms with Gasteiger partial charge in [-0.25, -0.2) is 4.79 Å². The van der Waals surface area contributed by atoms with Gasteiger partial charge in [0.15, 0.2) is 0 Å². The number of pyridine rings is 1. The fourth-order valence-electron chi connectivity index (χ4n) is 2.71. The minimum Gasteiger partial charge on any atom is -0.480 e. The molecule has 2 aromatic carbocycles. The summed E-state index contributed by atoms with van der Waals surface area (Å²) in [5, 5.41) is 13.2. The molecule has 0 saturated carbocycles. The molecule has 1 atom stereocenters. The molecule has 8 nitrogen and oxygen atoms in total. The van der Waals surface area contributed by atoms with E-state index in [1.807, 2.05) is 0 Å². The lowest BCUT2D eigenvalue weighted by atomic mass is 10.0. The van der Waals surface area contributed by atoms with Gasteiger partial charge in [-0.3, -0.25) is 9.59 Å². The highest BCUT2D eigenvalue weighted by Crippen LogP contribution is 2.17. The summed E-state index contributed by atoms with van der Waals surface area (Å²) in [5.74, 6) is -1.71. The van der Waals surface area contributed by atoms with Crippen LogP contribution in [0.3, 0.4) is 0 Å². The molecule has 0 saturated heterocycles. The first-order valence-electron chi connectivity index (χ1n) is 9.16. The largest absolute Gasteiger partial charge is 0.480 e. The van der Waals surface area contributed by atoms with Gasteiger partial charge in [0.2, 0.25) is 5.56 Å². The van der Waals surface area contributed by atoms with E-state index < -0.39 is 17.9 Å². The summed E-state index contributed by atoms with van der Waals surface area (Å²) in [6.45, 7) is 1.19. The Morgan fingerprint density at radius 3 is 2.30 bits per heavy atom. The van der Waals surface area contributed by atoms with E-state index in [-0.39, 0.29) is 12.0 Å². The zero-order chi connectivity index (χ0) is 22.1. The monoisotopic (exact) mass is 430 g/mol. The molecule has 0 aliphatic heterocycles. The number of carboxylic acids is 1. The van der Waals surface area contributed by atoms with Crippen LogP contribution in [0.15, 0.2) is 59.4 Å². The van der Waals surface area contributed by atoms with Crippen LogP contribution in [0, 0.1) is 0 Å². The van der Waals surface area contributed by atoms with E-state index in [0.29, 0.717) is 34.8 Å². The van der Waals surface area contributed by atoms with Crippen molar-refractivity contribution in [2.75, 3.05) is 13.1 Å². The number of hydrogen-bond donors (Lipinski definition) is 5. The Labute approximate surface area is 177 Å². The van der Waals surface area contributed by atoms with Crippen molar-refractivity contribution >= 4 is 34.4 Å². The zero-order valence-corrected chi connectivity index (χ0v) is 16.9. The van der Waals surface area contributed by atoms with E-state index in [4.69, 9.17) is 23.1 Å². The number of rotatable bonds is 6. The first kappa shape index (κ1) is 23.1. The molecule has 3 aromatic rings. The van der Waals surface area contributed by atoms with Gasteiger partial charge >= 0.3 is 5.97 Å². The van der Waals surface area contributed by atoms with Gasteiger partial charge in [0.25, 0.3) is 5.91 Å². The number of halogens is 1. The topological polar surface area (TPSA) is 151 Å². The maximum absolute atomic E-state index is 12.3. The molecule has 158 valence electrons. The van der Waals surface area contributed by atoms with Crippen molar-refractivity contribution in [2.24, 2.45) is 11.5 Å². The van der Waals surface area contributed by atoms with E-state index in [2.05, 4.69) is 10.3 Å². The van der Waals surface area contributed by atoms with Crippen LogP contribution in [0.5, 0.6) is 0 Å². The van der Waals surface area contributed by atoms with Gasteiger partial charge < -0.3 is 26.9 Å². The lowest BCUT2D eigenvalue weighted by molar-refractivity contribution is -0.139. The average Bonchev–Trinajstić information content (AvgIpc) is 2.73. The van der Waals surface area contributed by atoms with Crippen molar-refractivity contribution in [2.45, 2.75) is 12.5 Å². The first-order valence-corrected chi connectivity index (χ1v) is 9.53. The predicted octanol–water partition coefficient (Wildman–Crippen LogP) is 1.51. The lowest BCUT2D eigenvalue weighted by Gasteiger charge is -2.16. The average molecular weight is 431 g/mol. The molecule has 0 aliphatic rings. The van der Waals surface area contributed by atoms with Crippen LogP contribution >= 0.6 is 11.6 Å². The zero-order valence-electron chi connectivity index (χ0n) is 16.1. The highest BCUT2D eigenvalue weighted by molar-refractivity contribution is 6.30. The van der Waals surface area contributed by atoms with Crippen LogP contribution in [-0.2, 0) is 11.2 Å². The minimum absolute atomic E-state index is 0.0148. The number of aliphatic carboxylic acids is 1. The molecule has 7 N–H and O–H groups in total. The Hall–Kier alpha value is -3.20. The number of benzene rings is 2. The van der Waals surface area contributed by atoms with Crippen LogP contribution in [0.2, 0.25) is 5.02 Å². The van der Waals surface area contributed by atoms with Crippen LogP contribution in [-0.4, -0.2) is 41.1 Å². The Bertz CT molecular complexity index is 1060. The molecule has 0 spiro atoms. The quantitative estimate of drug-likeness (QED) is 0.399. The van der Waals surface area contributed by atoms with Crippen molar-refractivity contribution in [1.82, 2.24) is 10.3 Å². The molecular weight excluding hydrogens is 408 g/mol. The standard InChI is InChI=1S/C19H15ClN2O4.C2H8N2/c20-13-7-5-11(6-8-13)18(24)22-16(19(25)26)9-12-10-17(23)21-15-4-2-1-3-14(12)15;3-1-2-4/h1-8,10,16H,9H2,(H,21,23)(H,22,24)(H,25,26);1-4H2. The van der Waals surface area contributed by atoms with Gasteiger partial charge in [-0.05, 0) is 35.9 Å². The molecule has 1 heterocycles. The first-order chi connectivity index (χ1) is 14.3. The molecule has 0 radical (unpaired) electrons. The van der Waals surface area contributed by atoms with Gasteiger partial charge in [-0.1, -0.05) is 29.8 Å². The van der Waals surface area contributed by atoms with Gasteiger partial charge in [-0.15, -0.1) is 0 Å². The van der Waals surface area contributed by atoms with E-state index in [1.54, 1.807) is 36.4 Å². The van der Waals surface area contributed by atoms with E-state index in [9.17, 15) is 19.5 Å². The van der Waals surface area contributed by atoms with Crippen LogP contribution < -0.4 is 22.3 Å². The summed E-state index contributed by atoms with van der Waals surface area (Å²) in [6, 6.07) is 13.4. The van der Waals surface area contributed by atoms with Gasteiger partial charge in [0.1, 0.15) is 6.04 Å². The molecule has 0 aliphatic carbocycles. The molecule has 1 unspecified atom stereocenters. The second-order valence-electron chi connectivity index (χ2n) is 6.36. The van der Waals surface area contributed by atoms with Crippen LogP contribution in [0.1, 0.15) is 15.9 Å². The summed E-state index contributed by atoms with van der Waals surface area (Å²) in [5.41, 5.74) is 10.9. The molecule has 0 fully saturated rings. The Balaban J connectivity index is 0.000000735. The van der Waals surface area contributed by atoms with Gasteiger partial charge in [0, 0.05) is 47.1 Å². The van der Waals surface area contributed by atoms with Crippen LogP contribution in [0.4, 0.5) is 0 Å². The number of aromatic nitrogens is 1. The summed E-state index contributed by atoms with van der Waals surface area (Å²) in [7, 11) is 0. The second-order valence-corrected chi connectivity index (χ2v) is 6.79. The molecule has 30 heavy (non-hydrogen) atoms. The molecule has 1 aromatic heterocycles. The maximum Gasteiger partial charge on any atom is 0.326 e. The summed E-state index contributed by atoms with van der Waals surface area (Å²) < 4.78 is 0. The Morgan fingerprint density at radius 1 is 1.07 bits per heavy atom. The number of aromatic amines is 1. The summed E-state index contributed by atoms with van der Waals surface area (Å²) in [4.78, 5) is 38.5. The number of hydrogen-bond acceptors (Lipinski definition) is 5. The fourth-order valence-corrected chi connectivity index (χ4v) is 2.83.